The monoisotopic (exact) mass is 226 g/mol. The van der Waals surface area contributed by atoms with Gasteiger partial charge >= 0.3 is 0 Å². The van der Waals surface area contributed by atoms with Crippen LogP contribution in [0.4, 0.5) is 0 Å². The molecule has 0 aromatic rings. The van der Waals surface area contributed by atoms with Crippen molar-refractivity contribution in [3.05, 3.63) is 0 Å². The summed E-state index contributed by atoms with van der Waals surface area (Å²) in [6, 6.07) is 0. The van der Waals surface area contributed by atoms with E-state index in [0.29, 0.717) is 6.42 Å². The quantitative estimate of drug-likeness (QED) is 0.756. The predicted molar refractivity (Wildman–Crippen MR) is 67.1 cm³/mol. The summed E-state index contributed by atoms with van der Waals surface area (Å²) < 4.78 is 0. The van der Waals surface area contributed by atoms with Crippen molar-refractivity contribution in [2.45, 2.75) is 76.8 Å². The van der Waals surface area contributed by atoms with Gasteiger partial charge in [0.15, 0.2) is 0 Å². The van der Waals surface area contributed by atoms with Crippen LogP contribution in [0.5, 0.6) is 0 Å². The maximum atomic E-state index is 11.9. The fraction of sp³-hybridized carbons (Fsp3) is 0.923. The Kier molecular flexibility index (Phi) is 4.36. The molecule has 1 aliphatic rings. The SMILES string of the molecule is CCCC(C)(C)NC(=O)CC1(N)CCCC1. The van der Waals surface area contributed by atoms with E-state index >= 15 is 0 Å². The second kappa shape index (κ2) is 5.17. The van der Waals surface area contributed by atoms with Gasteiger partial charge in [0.05, 0.1) is 0 Å². The van der Waals surface area contributed by atoms with Crippen molar-refractivity contribution in [3.8, 4) is 0 Å². The van der Waals surface area contributed by atoms with Crippen LogP contribution in [0.3, 0.4) is 0 Å². The number of nitrogens with two attached hydrogens (primary N) is 1. The van der Waals surface area contributed by atoms with E-state index in [9.17, 15) is 4.79 Å². The molecule has 1 rings (SSSR count). The fourth-order valence-electron chi connectivity index (χ4n) is 2.68. The van der Waals surface area contributed by atoms with Gasteiger partial charge in [0, 0.05) is 17.5 Å². The van der Waals surface area contributed by atoms with Crippen molar-refractivity contribution in [2.75, 3.05) is 0 Å². The Balaban J connectivity index is 2.41. The molecule has 0 saturated heterocycles. The molecule has 0 bridgehead atoms. The number of carbonyl (C=O) groups is 1. The van der Waals surface area contributed by atoms with Crippen molar-refractivity contribution < 1.29 is 4.79 Å². The Labute approximate surface area is 99.2 Å². The molecule has 0 aliphatic heterocycles. The van der Waals surface area contributed by atoms with Crippen LogP contribution in [-0.2, 0) is 4.79 Å². The number of hydrogen-bond acceptors (Lipinski definition) is 2. The highest BCUT2D eigenvalue weighted by Gasteiger charge is 2.32. The largest absolute Gasteiger partial charge is 0.351 e. The molecule has 16 heavy (non-hydrogen) atoms. The van der Waals surface area contributed by atoms with Gasteiger partial charge in [0.25, 0.3) is 0 Å². The zero-order valence-electron chi connectivity index (χ0n) is 10.9. The van der Waals surface area contributed by atoms with Crippen LogP contribution in [0.1, 0.15) is 65.7 Å². The molecule has 3 nitrogen and oxygen atoms in total. The summed E-state index contributed by atoms with van der Waals surface area (Å²) in [7, 11) is 0. The van der Waals surface area contributed by atoms with Gasteiger partial charge < -0.3 is 11.1 Å². The van der Waals surface area contributed by atoms with E-state index in [1.165, 1.54) is 12.8 Å². The highest BCUT2D eigenvalue weighted by molar-refractivity contribution is 5.78. The first kappa shape index (κ1) is 13.5. The molecule has 3 N–H and O–H groups in total. The zero-order chi connectivity index (χ0) is 12.2. The average Bonchev–Trinajstić information content (AvgIpc) is 2.49. The minimum atomic E-state index is -0.230. The van der Waals surface area contributed by atoms with Crippen LogP contribution in [0.25, 0.3) is 0 Å². The molecule has 0 heterocycles. The molecule has 3 heteroatoms. The Bertz CT molecular complexity index is 242. The van der Waals surface area contributed by atoms with E-state index in [1.54, 1.807) is 0 Å². The maximum Gasteiger partial charge on any atom is 0.222 e. The molecule has 0 spiro atoms. The molecule has 94 valence electrons. The molecular formula is C13H26N2O. The van der Waals surface area contributed by atoms with E-state index in [1.807, 2.05) is 0 Å². The van der Waals surface area contributed by atoms with Crippen molar-refractivity contribution in [1.29, 1.82) is 0 Å². The zero-order valence-corrected chi connectivity index (χ0v) is 10.9. The molecule has 1 saturated carbocycles. The Hall–Kier alpha value is -0.570. The number of carbonyl (C=O) groups excluding carboxylic acids is 1. The van der Waals surface area contributed by atoms with Gasteiger partial charge in [0.1, 0.15) is 0 Å². The van der Waals surface area contributed by atoms with Gasteiger partial charge in [-0.05, 0) is 33.1 Å². The standard InChI is InChI=1S/C13H26N2O/c1-4-7-12(2,3)15-11(16)10-13(14)8-5-6-9-13/h4-10,14H2,1-3H3,(H,15,16). The van der Waals surface area contributed by atoms with Crippen LogP contribution in [-0.4, -0.2) is 17.0 Å². The molecule has 0 aromatic heterocycles. The first-order chi connectivity index (χ1) is 7.37. The van der Waals surface area contributed by atoms with E-state index < -0.39 is 0 Å². The molecule has 1 amide bonds. The minimum absolute atomic E-state index is 0.0964. The second-order valence-corrected chi connectivity index (χ2v) is 5.93. The Morgan fingerprint density at radius 2 is 1.94 bits per heavy atom. The van der Waals surface area contributed by atoms with Crippen LogP contribution >= 0.6 is 0 Å². The van der Waals surface area contributed by atoms with E-state index in [2.05, 4.69) is 26.1 Å². The van der Waals surface area contributed by atoms with Crippen LogP contribution in [0.2, 0.25) is 0 Å². The summed E-state index contributed by atoms with van der Waals surface area (Å²) in [5.41, 5.74) is 5.87. The second-order valence-electron chi connectivity index (χ2n) is 5.93. The number of amides is 1. The maximum absolute atomic E-state index is 11.9. The number of nitrogens with one attached hydrogen (secondary N) is 1. The van der Waals surface area contributed by atoms with Crippen molar-refractivity contribution in [3.63, 3.8) is 0 Å². The van der Waals surface area contributed by atoms with Crippen molar-refractivity contribution >= 4 is 5.91 Å². The Morgan fingerprint density at radius 3 is 2.44 bits per heavy atom. The third-order valence-electron chi connectivity index (χ3n) is 3.46. The van der Waals surface area contributed by atoms with Crippen LogP contribution in [0.15, 0.2) is 0 Å². The summed E-state index contributed by atoms with van der Waals surface area (Å²) in [4.78, 5) is 11.9. The van der Waals surface area contributed by atoms with E-state index in [0.717, 1.165) is 25.7 Å². The molecule has 0 aromatic carbocycles. The van der Waals surface area contributed by atoms with Crippen LogP contribution in [0, 0.1) is 0 Å². The number of hydrogen-bond donors (Lipinski definition) is 2. The molecular weight excluding hydrogens is 200 g/mol. The molecule has 0 radical (unpaired) electrons. The lowest BCUT2D eigenvalue weighted by atomic mass is 9.92. The summed E-state index contributed by atoms with van der Waals surface area (Å²) in [6.45, 7) is 6.29. The summed E-state index contributed by atoms with van der Waals surface area (Å²) in [5.74, 6) is 0.114. The van der Waals surface area contributed by atoms with Gasteiger partial charge in [-0.3, -0.25) is 4.79 Å². The summed E-state index contributed by atoms with van der Waals surface area (Å²) in [5, 5.41) is 3.09. The highest BCUT2D eigenvalue weighted by atomic mass is 16.1. The smallest absolute Gasteiger partial charge is 0.222 e. The molecule has 1 aliphatic carbocycles. The third-order valence-corrected chi connectivity index (χ3v) is 3.46. The lowest BCUT2D eigenvalue weighted by molar-refractivity contribution is -0.123. The van der Waals surface area contributed by atoms with Gasteiger partial charge in [-0.15, -0.1) is 0 Å². The fourth-order valence-corrected chi connectivity index (χ4v) is 2.68. The molecule has 0 atom stereocenters. The van der Waals surface area contributed by atoms with Gasteiger partial charge in [-0.1, -0.05) is 26.2 Å². The third kappa shape index (κ3) is 4.12. The minimum Gasteiger partial charge on any atom is -0.351 e. The average molecular weight is 226 g/mol. The Morgan fingerprint density at radius 1 is 1.38 bits per heavy atom. The van der Waals surface area contributed by atoms with E-state index in [4.69, 9.17) is 5.73 Å². The lowest BCUT2D eigenvalue weighted by Crippen LogP contribution is -2.48. The van der Waals surface area contributed by atoms with Gasteiger partial charge in [-0.25, -0.2) is 0 Å². The van der Waals surface area contributed by atoms with Gasteiger partial charge in [-0.2, -0.15) is 0 Å². The highest BCUT2D eigenvalue weighted by Crippen LogP contribution is 2.30. The summed E-state index contributed by atoms with van der Waals surface area (Å²) in [6.07, 6.45) is 6.91. The number of rotatable bonds is 5. The first-order valence-corrected chi connectivity index (χ1v) is 6.47. The topological polar surface area (TPSA) is 55.1 Å². The van der Waals surface area contributed by atoms with Crippen molar-refractivity contribution in [1.82, 2.24) is 5.32 Å². The van der Waals surface area contributed by atoms with E-state index in [-0.39, 0.29) is 17.0 Å². The molecule has 0 unspecified atom stereocenters. The van der Waals surface area contributed by atoms with Gasteiger partial charge in [0.2, 0.25) is 5.91 Å². The van der Waals surface area contributed by atoms with Crippen molar-refractivity contribution in [2.24, 2.45) is 5.73 Å². The molecule has 1 fully saturated rings. The lowest BCUT2D eigenvalue weighted by Gasteiger charge is -2.29. The first-order valence-electron chi connectivity index (χ1n) is 6.47. The predicted octanol–water partition coefficient (Wildman–Crippen LogP) is 2.34. The summed E-state index contributed by atoms with van der Waals surface area (Å²) >= 11 is 0. The van der Waals surface area contributed by atoms with Crippen LogP contribution < -0.4 is 11.1 Å². The normalized spacial score (nSPS) is 19.8.